The van der Waals surface area contributed by atoms with Crippen molar-refractivity contribution in [3.8, 4) is 0 Å². The highest BCUT2D eigenvalue weighted by molar-refractivity contribution is 7.39. The highest BCUT2D eigenvalue weighted by Gasteiger charge is 1.80. The van der Waals surface area contributed by atoms with Crippen LogP contribution in [0.25, 0.3) is 0 Å². The zero-order valence-corrected chi connectivity index (χ0v) is 3.25. The van der Waals surface area contributed by atoms with Gasteiger partial charge < -0.3 is 4.30 Å². The molecule has 0 bridgehead atoms. The number of hydrogen-bond acceptors (Lipinski definition) is 1. The Morgan fingerprint density at radius 1 is 2.00 bits per heavy atom. The fraction of sp³-hybridized carbons (Fsp3) is 1.00. The third-order valence-electron chi connectivity index (χ3n) is 0.274. The summed E-state index contributed by atoms with van der Waals surface area (Å²) in [7, 11) is -0.120. The standard InChI is InChI=1S/CH4NOP/c1-4-2-3-4/h2H,1H3. The molecule has 1 unspecified atom stereocenters. The monoisotopic (exact) mass is 77.0 g/mol. The van der Waals surface area contributed by atoms with Crippen LogP contribution in [0.1, 0.15) is 0 Å². The number of hydrogen-bond donors (Lipinski definition) is 1. The van der Waals surface area contributed by atoms with Gasteiger partial charge in [0.2, 0.25) is 0 Å². The number of aromatic amines is 1. The molecule has 0 saturated carbocycles. The highest BCUT2D eigenvalue weighted by atomic mass is 31.1. The maximum atomic E-state index is 4.52. The molecule has 0 spiro atoms. The largest absolute Gasteiger partial charge is 0.351 e. The summed E-state index contributed by atoms with van der Waals surface area (Å²) in [5, 5.41) is 0. The first kappa shape index (κ1) is 2.16. The normalized spacial score (nSPS) is 13.8. The predicted molar refractivity (Wildman–Crippen MR) is 16.7 cm³/mol. The van der Waals surface area contributed by atoms with Gasteiger partial charge in [0.25, 0.3) is 0 Å². The third kappa shape index (κ3) is 0.183. The Balaban J connectivity index is 2.81. The van der Waals surface area contributed by atoms with Crippen LogP contribution >= 0.6 is 7.93 Å². The lowest BCUT2D eigenvalue weighted by Gasteiger charge is -1.31. The van der Waals surface area contributed by atoms with Crippen LogP contribution in [-0.4, -0.2) is 4.92 Å². The van der Waals surface area contributed by atoms with E-state index in [4.69, 9.17) is 0 Å². The number of aromatic nitrogens is 1. The minimum Gasteiger partial charge on any atom is -0.351 e. The van der Waals surface area contributed by atoms with Gasteiger partial charge in [0.1, 0.15) is 0 Å². The Morgan fingerprint density at radius 2 is 2.25 bits per heavy atom. The van der Waals surface area contributed by atoms with E-state index < -0.39 is 0 Å². The van der Waals surface area contributed by atoms with Gasteiger partial charge in [0, 0.05) is 6.66 Å². The van der Waals surface area contributed by atoms with Gasteiger partial charge in [-0.3, -0.25) is 0 Å². The van der Waals surface area contributed by atoms with E-state index >= 15 is 0 Å². The van der Waals surface area contributed by atoms with Crippen molar-refractivity contribution in [1.29, 1.82) is 0 Å². The zero-order chi connectivity index (χ0) is 2.99. The highest BCUT2D eigenvalue weighted by Crippen LogP contribution is 2.20. The maximum absolute atomic E-state index is 4.52. The molecular formula is CH4NOP. The van der Waals surface area contributed by atoms with Gasteiger partial charge in [-0.2, -0.15) is 4.92 Å². The van der Waals surface area contributed by atoms with E-state index in [-0.39, 0.29) is 7.93 Å². The molecule has 2 nitrogen and oxygen atoms in total. The van der Waals surface area contributed by atoms with Crippen molar-refractivity contribution in [3.63, 3.8) is 0 Å². The minimum absolute atomic E-state index is 0.120. The molecule has 1 rings (SSSR count). The Labute approximate surface area is 25.0 Å². The summed E-state index contributed by atoms with van der Waals surface area (Å²) >= 11 is 0. The number of nitrogens with one attached hydrogen (secondary N) is 1. The lowest BCUT2D eigenvalue weighted by Crippen LogP contribution is -1.09. The molecule has 0 aliphatic rings. The van der Waals surface area contributed by atoms with Crippen molar-refractivity contribution < 1.29 is 4.30 Å². The van der Waals surface area contributed by atoms with E-state index in [0.29, 0.717) is 0 Å². The molecule has 0 aromatic carbocycles. The first-order chi connectivity index (χ1) is 1.89. The lowest BCUT2D eigenvalue weighted by atomic mass is 12.0. The number of aryl methyl sites for hydroxylation is 1. The maximum Gasteiger partial charge on any atom is 0.173 e. The van der Waals surface area contributed by atoms with E-state index in [1.54, 1.807) is 0 Å². The minimum atomic E-state index is -0.120. The Kier molecular flexibility index (Phi) is 0.235. The smallest absolute Gasteiger partial charge is 0.173 e. The molecular weight excluding hydrogens is 73.0 g/mol. The average Bonchev–Trinajstić information content (AvgIpc) is 1.75. The van der Waals surface area contributed by atoms with Gasteiger partial charge in [-0.05, 0) is 0 Å². The molecule has 0 radical (unpaired) electrons. The first-order valence-corrected chi connectivity index (χ1v) is 2.76. The molecule has 24 valence electrons. The Morgan fingerprint density at radius 3 is 2.25 bits per heavy atom. The van der Waals surface area contributed by atoms with Gasteiger partial charge in [0.05, 0.1) is 0 Å². The van der Waals surface area contributed by atoms with E-state index in [1.165, 1.54) is 0 Å². The average molecular weight is 77.0 g/mol. The number of H-pyrrole nitrogens is 1. The van der Waals surface area contributed by atoms with E-state index in [9.17, 15) is 0 Å². The molecule has 0 amide bonds. The third-order valence-corrected chi connectivity index (χ3v) is 0.822. The summed E-state index contributed by atoms with van der Waals surface area (Å²) in [6.07, 6.45) is 0. The van der Waals surface area contributed by atoms with Crippen LogP contribution in [0.5, 0.6) is 0 Å². The molecule has 0 aliphatic heterocycles. The van der Waals surface area contributed by atoms with Gasteiger partial charge in [-0.1, -0.05) is 0 Å². The zero-order valence-electron chi connectivity index (χ0n) is 2.36. The molecule has 4 heavy (non-hydrogen) atoms. The fourth-order valence-corrected chi connectivity index (χ4v) is 0.367. The van der Waals surface area contributed by atoms with Crippen molar-refractivity contribution in [2.75, 3.05) is 0 Å². The summed E-state index contributed by atoms with van der Waals surface area (Å²) in [6, 6.07) is 0. The molecule has 1 aromatic rings. The first-order valence-electron chi connectivity index (χ1n) is 1.06. The topological polar surface area (TPSA) is 28.9 Å². The lowest BCUT2D eigenvalue weighted by molar-refractivity contribution is 0.628. The molecule has 1 heterocycles. The van der Waals surface area contributed by atoms with Crippen molar-refractivity contribution in [1.82, 2.24) is 4.92 Å². The Bertz CT molecular complexity index is 66.6. The number of rotatable bonds is 0. The van der Waals surface area contributed by atoms with Crippen LogP contribution in [-0.2, 0) is 6.66 Å². The van der Waals surface area contributed by atoms with Crippen LogP contribution in [0, 0.1) is 0 Å². The fourth-order valence-electron chi connectivity index (χ4n) is 0.0408. The molecule has 3 heteroatoms. The van der Waals surface area contributed by atoms with Gasteiger partial charge in [-0.25, -0.2) is 0 Å². The molecule has 1 aromatic heterocycles. The van der Waals surface area contributed by atoms with Gasteiger partial charge in [0.15, 0.2) is 7.93 Å². The van der Waals surface area contributed by atoms with Crippen LogP contribution in [0.3, 0.4) is 0 Å². The summed E-state index contributed by atoms with van der Waals surface area (Å²) in [5.41, 5.74) is 0. The van der Waals surface area contributed by atoms with Gasteiger partial charge in [-0.15, -0.1) is 0 Å². The van der Waals surface area contributed by atoms with Crippen molar-refractivity contribution >= 4 is 7.93 Å². The van der Waals surface area contributed by atoms with E-state index in [2.05, 4.69) is 9.22 Å². The SMILES string of the molecule is Cp1[nH]o1. The second-order valence-corrected chi connectivity index (χ2v) is 2.04. The molecule has 0 aliphatic carbocycles. The predicted octanol–water partition coefficient (Wildman–Crippen LogP) is 1.13. The van der Waals surface area contributed by atoms with Crippen molar-refractivity contribution in [3.05, 3.63) is 0 Å². The van der Waals surface area contributed by atoms with Crippen LogP contribution < -0.4 is 0 Å². The molecule has 0 saturated heterocycles. The Hall–Kier alpha value is -0.100. The van der Waals surface area contributed by atoms with Crippen molar-refractivity contribution in [2.45, 2.75) is 0 Å². The molecule has 0 fully saturated rings. The van der Waals surface area contributed by atoms with Crippen LogP contribution in [0.15, 0.2) is 4.30 Å². The van der Waals surface area contributed by atoms with E-state index in [1.807, 2.05) is 6.66 Å². The van der Waals surface area contributed by atoms with Crippen LogP contribution in [0.4, 0.5) is 0 Å². The summed E-state index contributed by atoms with van der Waals surface area (Å²) < 4.78 is 4.52. The van der Waals surface area contributed by atoms with Crippen LogP contribution in [0.2, 0.25) is 0 Å². The summed E-state index contributed by atoms with van der Waals surface area (Å²) in [6.45, 7) is 2.01. The quantitative estimate of drug-likeness (QED) is 0.494. The second-order valence-electron chi connectivity index (χ2n) is 0.680. The molecule has 1 atom stereocenters. The summed E-state index contributed by atoms with van der Waals surface area (Å²) in [4.78, 5) is 2.66. The summed E-state index contributed by atoms with van der Waals surface area (Å²) in [5.74, 6) is 0. The molecule has 1 N–H and O–H groups in total. The van der Waals surface area contributed by atoms with Gasteiger partial charge >= 0.3 is 0 Å². The second kappa shape index (κ2) is 0.436. The van der Waals surface area contributed by atoms with Crippen molar-refractivity contribution in [2.24, 2.45) is 6.66 Å². The van der Waals surface area contributed by atoms with E-state index in [0.717, 1.165) is 0 Å².